The number of hydrogen-bond acceptors (Lipinski definition) is 2. The lowest BCUT2D eigenvalue weighted by Gasteiger charge is -2.19. The Bertz CT molecular complexity index is 526. The molecule has 1 aliphatic carbocycles. The molecule has 0 heterocycles. The fraction of sp³-hybridized carbons (Fsp3) is 0.286. The lowest BCUT2D eigenvalue weighted by atomic mass is 9.95. The first kappa shape index (κ1) is 9.82. The highest BCUT2D eigenvalue weighted by Crippen LogP contribution is 2.44. The Morgan fingerprint density at radius 1 is 1.06 bits per heavy atom. The van der Waals surface area contributed by atoms with Crippen LogP contribution < -0.4 is 5.73 Å². The van der Waals surface area contributed by atoms with Crippen LogP contribution in [0.2, 0.25) is 0 Å². The van der Waals surface area contributed by atoms with Crippen LogP contribution in [0.1, 0.15) is 24.5 Å². The molecule has 3 N–H and O–H groups in total. The van der Waals surface area contributed by atoms with Crippen LogP contribution in [-0.4, -0.2) is 10.6 Å². The van der Waals surface area contributed by atoms with Crippen molar-refractivity contribution in [2.24, 2.45) is 5.73 Å². The third kappa shape index (κ3) is 1.42. The standard InChI is InChI=1S/C14H15NO/c15-14(8-9-14)13(16)12-7-3-5-10-4-1-2-6-11(10)12/h1-7,13,16H,8-9,15H2. The van der Waals surface area contributed by atoms with Crippen molar-refractivity contribution in [3.8, 4) is 0 Å². The second-order valence-electron chi connectivity index (χ2n) is 4.70. The van der Waals surface area contributed by atoms with Crippen molar-refractivity contribution in [1.29, 1.82) is 0 Å². The van der Waals surface area contributed by atoms with Crippen molar-refractivity contribution in [2.45, 2.75) is 24.5 Å². The van der Waals surface area contributed by atoms with Crippen molar-refractivity contribution in [3.05, 3.63) is 48.0 Å². The SMILES string of the molecule is NC1(C(O)c2cccc3ccccc23)CC1. The van der Waals surface area contributed by atoms with Crippen LogP contribution in [-0.2, 0) is 0 Å². The van der Waals surface area contributed by atoms with E-state index in [0.717, 1.165) is 29.2 Å². The monoisotopic (exact) mass is 213 g/mol. The van der Waals surface area contributed by atoms with E-state index in [4.69, 9.17) is 5.73 Å². The molecule has 1 aliphatic rings. The van der Waals surface area contributed by atoms with Crippen LogP contribution >= 0.6 is 0 Å². The third-order valence-electron chi connectivity index (χ3n) is 3.49. The smallest absolute Gasteiger partial charge is 0.0975 e. The van der Waals surface area contributed by atoms with E-state index in [1.807, 2.05) is 30.3 Å². The molecule has 0 aliphatic heterocycles. The lowest BCUT2D eigenvalue weighted by molar-refractivity contribution is 0.137. The summed E-state index contributed by atoms with van der Waals surface area (Å²) in [5.41, 5.74) is 6.63. The maximum Gasteiger partial charge on any atom is 0.0975 e. The Morgan fingerprint density at radius 2 is 1.75 bits per heavy atom. The van der Waals surface area contributed by atoms with E-state index >= 15 is 0 Å². The van der Waals surface area contributed by atoms with Gasteiger partial charge in [0.2, 0.25) is 0 Å². The number of aliphatic hydroxyl groups excluding tert-OH is 1. The first-order valence-corrected chi connectivity index (χ1v) is 5.65. The molecular weight excluding hydrogens is 198 g/mol. The number of fused-ring (bicyclic) bond motifs is 1. The van der Waals surface area contributed by atoms with E-state index in [1.54, 1.807) is 0 Å². The second kappa shape index (κ2) is 3.30. The zero-order valence-corrected chi connectivity index (χ0v) is 9.06. The fourth-order valence-electron chi connectivity index (χ4n) is 2.22. The van der Waals surface area contributed by atoms with Crippen molar-refractivity contribution >= 4 is 10.8 Å². The highest BCUT2D eigenvalue weighted by molar-refractivity contribution is 5.86. The molecule has 0 bridgehead atoms. The van der Waals surface area contributed by atoms with Gasteiger partial charge in [-0.3, -0.25) is 0 Å². The van der Waals surface area contributed by atoms with E-state index < -0.39 is 6.10 Å². The molecule has 0 aromatic heterocycles. The Morgan fingerprint density at radius 3 is 2.50 bits per heavy atom. The summed E-state index contributed by atoms with van der Waals surface area (Å²) in [4.78, 5) is 0. The minimum atomic E-state index is -0.543. The van der Waals surface area contributed by atoms with Gasteiger partial charge < -0.3 is 10.8 Å². The summed E-state index contributed by atoms with van der Waals surface area (Å²) in [5, 5.41) is 12.6. The second-order valence-corrected chi connectivity index (χ2v) is 4.70. The lowest BCUT2D eigenvalue weighted by Crippen LogP contribution is -2.30. The van der Waals surface area contributed by atoms with Gasteiger partial charge in [0.05, 0.1) is 6.10 Å². The van der Waals surface area contributed by atoms with E-state index in [1.165, 1.54) is 0 Å². The van der Waals surface area contributed by atoms with Crippen LogP contribution in [0.25, 0.3) is 10.8 Å². The summed E-state index contributed by atoms with van der Waals surface area (Å²) in [5.74, 6) is 0. The van der Waals surface area contributed by atoms with Crippen molar-refractivity contribution in [3.63, 3.8) is 0 Å². The van der Waals surface area contributed by atoms with Crippen LogP contribution in [0, 0.1) is 0 Å². The van der Waals surface area contributed by atoms with Gasteiger partial charge in [0.1, 0.15) is 0 Å². The van der Waals surface area contributed by atoms with E-state index in [9.17, 15) is 5.11 Å². The first-order chi connectivity index (χ1) is 7.71. The molecule has 3 rings (SSSR count). The first-order valence-electron chi connectivity index (χ1n) is 5.65. The molecule has 1 fully saturated rings. The average Bonchev–Trinajstić information content (AvgIpc) is 3.07. The Kier molecular flexibility index (Phi) is 2.03. The quantitative estimate of drug-likeness (QED) is 0.804. The van der Waals surface area contributed by atoms with Gasteiger partial charge in [0.25, 0.3) is 0 Å². The van der Waals surface area contributed by atoms with Gasteiger partial charge in [0.15, 0.2) is 0 Å². The largest absolute Gasteiger partial charge is 0.386 e. The van der Waals surface area contributed by atoms with E-state index in [0.29, 0.717) is 0 Å². The predicted octanol–water partition coefficient (Wildman–Crippen LogP) is 2.36. The zero-order chi connectivity index (χ0) is 11.2. The number of hydrogen-bond donors (Lipinski definition) is 2. The maximum absolute atomic E-state index is 10.3. The van der Waals surface area contributed by atoms with Gasteiger partial charge in [-0.25, -0.2) is 0 Å². The molecule has 0 amide bonds. The molecule has 0 radical (unpaired) electrons. The normalized spacial score (nSPS) is 19.6. The van der Waals surface area contributed by atoms with Crippen LogP contribution in [0.5, 0.6) is 0 Å². The van der Waals surface area contributed by atoms with Gasteiger partial charge >= 0.3 is 0 Å². The van der Waals surface area contributed by atoms with Gasteiger partial charge in [0, 0.05) is 5.54 Å². The molecular formula is C14H15NO. The van der Waals surface area contributed by atoms with Crippen LogP contribution in [0.15, 0.2) is 42.5 Å². The minimum absolute atomic E-state index is 0.385. The number of benzene rings is 2. The summed E-state index contributed by atoms with van der Waals surface area (Å²) >= 11 is 0. The summed E-state index contributed by atoms with van der Waals surface area (Å²) in [6, 6.07) is 14.1. The molecule has 0 spiro atoms. The summed E-state index contributed by atoms with van der Waals surface area (Å²) in [7, 11) is 0. The molecule has 2 aromatic carbocycles. The Balaban J connectivity index is 2.16. The molecule has 2 aromatic rings. The molecule has 2 heteroatoms. The van der Waals surface area contributed by atoms with Crippen LogP contribution in [0.3, 0.4) is 0 Å². The average molecular weight is 213 g/mol. The summed E-state index contributed by atoms with van der Waals surface area (Å²) in [6.07, 6.45) is 1.29. The number of nitrogens with two attached hydrogens (primary N) is 1. The van der Waals surface area contributed by atoms with Crippen LogP contribution in [0.4, 0.5) is 0 Å². The minimum Gasteiger partial charge on any atom is -0.386 e. The van der Waals surface area contributed by atoms with Gasteiger partial charge in [-0.2, -0.15) is 0 Å². The summed E-state index contributed by atoms with van der Waals surface area (Å²) in [6.45, 7) is 0. The number of rotatable bonds is 2. The van der Waals surface area contributed by atoms with Gasteiger partial charge in [-0.1, -0.05) is 42.5 Å². The third-order valence-corrected chi connectivity index (χ3v) is 3.49. The molecule has 1 saturated carbocycles. The molecule has 1 unspecified atom stereocenters. The van der Waals surface area contributed by atoms with Crippen molar-refractivity contribution in [2.75, 3.05) is 0 Å². The Hall–Kier alpha value is -1.38. The zero-order valence-electron chi connectivity index (χ0n) is 9.06. The van der Waals surface area contributed by atoms with Gasteiger partial charge in [-0.15, -0.1) is 0 Å². The highest BCUT2D eigenvalue weighted by Gasteiger charge is 2.46. The molecule has 16 heavy (non-hydrogen) atoms. The maximum atomic E-state index is 10.3. The topological polar surface area (TPSA) is 46.2 Å². The molecule has 2 nitrogen and oxygen atoms in total. The predicted molar refractivity (Wildman–Crippen MR) is 65.1 cm³/mol. The van der Waals surface area contributed by atoms with E-state index in [2.05, 4.69) is 12.1 Å². The van der Waals surface area contributed by atoms with Crippen molar-refractivity contribution < 1.29 is 5.11 Å². The highest BCUT2D eigenvalue weighted by atomic mass is 16.3. The molecule has 1 atom stereocenters. The Labute approximate surface area is 94.7 Å². The molecule has 82 valence electrons. The fourth-order valence-corrected chi connectivity index (χ4v) is 2.22. The summed E-state index contributed by atoms with van der Waals surface area (Å²) < 4.78 is 0. The van der Waals surface area contributed by atoms with Crippen molar-refractivity contribution in [1.82, 2.24) is 0 Å². The van der Waals surface area contributed by atoms with E-state index in [-0.39, 0.29) is 5.54 Å². The molecule has 0 saturated heterocycles. The number of aliphatic hydroxyl groups is 1. The van der Waals surface area contributed by atoms with Gasteiger partial charge in [-0.05, 0) is 29.2 Å².